The monoisotopic (exact) mass is 397 g/mol. The molecule has 3 rings (SSSR count). The Morgan fingerprint density at radius 2 is 2.07 bits per heavy atom. The van der Waals surface area contributed by atoms with Crippen LogP contribution in [0.1, 0.15) is 24.8 Å². The molecule has 1 aromatic carbocycles. The molecule has 0 bridgehead atoms. The lowest BCUT2D eigenvalue weighted by Gasteiger charge is -2.33. The first-order chi connectivity index (χ1) is 12.6. The average Bonchev–Trinajstić information content (AvgIpc) is 2.94. The van der Waals surface area contributed by atoms with Crippen molar-refractivity contribution in [3.05, 3.63) is 29.6 Å². The highest BCUT2D eigenvalue weighted by Crippen LogP contribution is 2.30. The summed E-state index contributed by atoms with van der Waals surface area (Å²) in [7, 11) is -3.60. The molecule has 0 spiro atoms. The number of sulfonamides is 1. The molecule has 0 radical (unpaired) electrons. The number of primary sulfonamides is 1. The molecule has 1 aromatic rings. The first kappa shape index (κ1) is 19.8. The number of halogens is 1. The van der Waals surface area contributed by atoms with Gasteiger partial charge in [0.2, 0.25) is 21.8 Å². The van der Waals surface area contributed by atoms with Crippen LogP contribution >= 0.6 is 0 Å². The third-order valence-corrected chi connectivity index (χ3v) is 6.10. The number of anilines is 1. The Morgan fingerprint density at radius 1 is 1.33 bits per heavy atom. The number of likely N-dealkylation sites (tertiary alicyclic amines) is 1. The number of hydrogen-bond acceptors (Lipinski definition) is 4. The van der Waals surface area contributed by atoms with Crippen LogP contribution < -0.4 is 10.0 Å². The van der Waals surface area contributed by atoms with Gasteiger partial charge in [0, 0.05) is 26.1 Å². The van der Waals surface area contributed by atoms with Crippen LogP contribution in [-0.2, 0) is 19.6 Å². The number of nitrogens with two attached hydrogens (primary N) is 1. The number of rotatable bonds is 4. The number of carbonyl (C=O) groups excluding carboxylic acids is 2. The summed E-state index contributed by atoms with van der Waals surface area (Å²) in [6.07, 6.45) is 1.43. The predicted octanol–water partition coefficient (Wildman–Crippen LogP) is 1.01. The number of carbonyl (C=O) groups is 2. The van der Waals surface area contributed by atoms with E-state index in [0.29, 0.717) is 25.9 Å². The fraction of sp³-hybridized carbons (Fsp3) is 0.556. The second-order valence-electron chi connectivity index (χ2n) is 7.48. The summed E-state index contributed by atoms with van der Waals surface area (Å²) in [6, 6.07) is 4.64. The molecule has 2 atom stereocenters. The van der Waals surface area contributed by atoms with E-state index in [0.717, 1.165) is 5.56 Å². The van der Waals surface area contributed by atoms with Crippen LogP contribution in [0.5, 0.6) is 0 Å². The van der Waals surface area contributed by atoms with E-state index in [2.05, 4.69) is 0 Å². The highest BCUT2D eigenvalue weighted by Gasteiger charge is 2.39. The Labute approximate surface area is 158 Å². The summed E-state index contributed by atoms with van der Waals surface area (Å²) in [5, 5.41) is 5.12. The first-order valence-corrected chi connectivity index (χ1v) is 10.7. The molecule has 2 amide bonds. The van der Waals surface area contributed by atoms with Gasteiger partial charge in [-0.1, -0.05) is 6.07 Å². The maximum absolute atomic E-state index is 14.2. The fourth-order valence-corrected chi connectivity index (χ4v) is 4.85. The quantitative estimate of drug-likeness (QED) is 0.819. The van der Waals surface area contributed by atoms with Crippen molar-refractivity contribution in [2.45, 2.75) is 26.2 Å². The van der Waals surface area contributed by atoms with Crippen LogP contribution in [0, 0.1) is 24.6 Å². The van der Waals surface area contributed by atoms with E-state index in [1.54, 1.807) is 24.0 Å². The maximum Gasteiger partial charge on any atom is 0.228 e. The SMILES string of the molecule is Cc1ccc(N2C[C@@H](C(=O)N3CCC[C@H](CS(N)(=O)=O)C3)CC2=O)c(F)c1. The number of benzene rings is 1. The lowest BCUT2D eigenvalue weighted by Crippen LogP contribution is -2.45. The largest absolute Gasteiger partial charge is 0.342 e. The van der Waals surface area contributed by atoms with Crippen LogP contribution in [-0.4, -0.2) is 50.5 Å². The molecule has 0 unspecified atom stereocenters. The maximum atomic E-state index is 14.2. The van der Waals surface area contributed by atoms with Crippen molar-refractivity contribution in [2.24, 2.45) is 17.0 Å². The van der Waals surface area contributed by atoms with Gasteiger partial charge in [-0.25, -0.2) is 17.9 Å². The Kier molecular flexibility index (Phi) is 5.53. The van der Waals surface area contributed by atoms with Crippen molar-refractivity contribution in [3.8, 4) is 0 Å². The van der Waals surface area contributed by atoms with E-state index < -0.39 is 21.8 Å². The van der Waals surface area contributed by atoms with Gasteiger partial charge < -0.3 is 9.80 Å². The van der Waals surface area contributed by atoms with Gasteiger partial charge in [-0.3, -0.25) is 9.59 Å². The normalized spacial score (nSPS) is 23.7. The van der Waals surface area contributed by atoms with Crippen molar-refractivity contribution in [3.63, 3.8) is 0 Å². The zero-order valence-electron chi connectivity index (χ0n) is 15.2. The zero-order valence-corrected chi connectivity index (χ0v) is 16.0. The van der Waals surface area contributed by atoms with E-state index in [4.69, 9.17) is 5.14 Å². The number of aryl methyl sites for hydroxylation is 1. The highest BCUT2D eigenvalue weighted by molar-refractivity contribution is 7.89. The van der Waals surface area contributed by atoms with E-state index >= 15 is 0 Å². The molecule has 7 nitrogen and oxygen atoms in total. The third kappa shape index (κ3) is 4.65. The minimum Gasteiger partial charge on any atom is -0.342 e. The second kappa shape index (κ2) is 7.55. The van der Waals surface area contributed by atoms with Crippen LogP contribution in [0.25, 0.3) is 0 Å². The van der Waals surface area contributed by atoms with E-state index in [1.165, 1.54) is 11.0 Å². The molecule has 27 heavy (non-hydrogen) atoms. The topological polar surface area (TPSA) is 101 Å². The molecular weight excluding hydrogens is 373 g/mol. The van der Waals surface area contributed by atoms with Gasteiger partial charge in [0.15, 0.2) is 0 Å². The minimum absolute atomic E-state index is 0.0303. The molecule has 2 aliphatic rings. The fourth-order valence-electron chi connectivity index (χ4n) is 3.92. The molecule has 2 heterocycles. The number of nitrogens with zero attached hydrogens (tertiary/aromatic N) is 2. The van der Waals surface area contributed by atoms with Crippen LogP contribution in [0.15, 0.2) is 18.2 Å². The predicted molar refractivity (Wildman–Crippen MR) is 98.9 cm³/mol. The van der Waals surface area contributed by atoms with Crippen LogP contribution in [0.2, 0.25) is 0 Å². The van der Waals surface area contributed by atoms with E-state index in [9.17, 15) is 22.4 Å². The van der Waals surface area contributed by atoms with Crippen LogP contribution in [0.3, 0.4) is 0 Å². The molecule has 0 aromatic heterocycles. The molecule has 148 valence electrons. The van der Waals surface area contributed by atoms with Crippen molar-refractivity contribution < 1.29 is 22.4 Å². The first-order valence-electron chi connectivity index (χ1n) is 9.00. The van der Waals surface area contributed by atoms with Crippen molar-refractivity contribution in [1.29, 1.82) is 0 Å². The van der Waals surface area contributed by atoms with Gasteiger partial charge in [0.1, 0.15) is 5.82 Å². The van der Waals surface area contributed by atoms with Gasteiger partial charge in [-0.05, 0) is 43.4 Å². The number of piperidine rings is 1. The molecule has 2 fully saturated rings. The Balaban J connectivity index is 1.68. The lowest BCUT2D eigenvalue weighted by molar-refractivity contribution is -0.137. The van der Waals surface area contributed by atoms with Crippen molar-refractivity contribution in [1.82, 2.24) is 4.90 Å². The highest BCUT2D eigenvalue weighted by atomic mass is 32.2. The smallest absolute Gasteiger partial charge is 0.228 e. The summed E-state index contributed by atoms with van der Waals surface area (Å²) in [4.78, 5) is 28.1. The Morgan fingerprint density at radius 3 is 2.74 bits per heavy atom. The molecule has 2 saturated heterocycles. The van der Waals surface area contributed by atoms with E-state index in [1.807, 2.05) is 0 Å². The number of amides is 2. The summed E-state index contributed by atoms with van der Waals surface area (Å²) in [5.74, 6) is -1.85. The molecule has 0 saturated carbocycles. The molecule has 2 aliphatic heterocycles. The van der Waals surface area contributed by atoms with Crippen molar-refractivity contribution in [2.75, 3.05) is 30.3 Å². The number of hydrogen-bond donors (Lipinski definition) is 1. The second-order valence-corrected chi connectivity index (χ2v) is 9.14. The van der Waals surface area contributed by atoms with Gasteiger partial charge in [-0.2, -0.15) is 0 Å². The summed E-state index contributed by atoms with van der Waals surface area (Å²) >= 11 is 0. The summed E-state index contributed by atoms with van der Waals surface area (Å²) in [6.45, 7) is 2.75. The van der Waals surface area contributed by atoms with Crippen molar-refractivity contribution >= 4 is 27.5 Å². The third-order valence-electron chi connectivity index (χ3n) is 5.17. The van der Waals surface area contributed by atoms with Gasteiger partial charge >= 0.3 is 0 Å². The lowest BCUT2D eigenvalue weighted by atomic mass is 9.98. The molecule has 9 heteroatoms. The van der Waals surface area contributed by atoms with E-state index in [-0.39, 0.29) is 42.1 Å². The molecule has 2 N–H and O–H groups in total. The van der Waals surface area contributed by atoms with Gasteiger partial charge in [0.05, 0.1) is 17.4 Å². The standard InChI is InChI=1S/C18H24FN3O4S/c1-12-4-5-16(15(19)7-12)22-10-14(8-17(22)23)18(24)21-6-2-3-13(9-21)11-27(20,25)26/h4-5,7,13-14H,2-3,6,8-11H2,1H3,(H2,20,25,26)/t13-,14-/m0/s1. The average molecular weight is 397 g/mol. The Bertz CT molecular complexity index is 858. The van der Waals surface area contributed by atoms with Gasteiger partial charge in [-0.15, -0.1) is 0 Å². The molecule has 0 aliphatic carbocycles. The summed E-state index contributed by atoms with van der Waals surface area (Å²) in [5.41, 5.74) is 0.941. The molecular formula is C18H24FN3O4S. The van der Waals surface area contributed by atoms with Gasteiger partial charge in [0.25, 0.3) is 0 Å². The summed E-state index contributed by atoms with van der Waals surface area (Å²) < 4.78 is 36.8. The zero-order chi connectivity index (χ0) is 19.8. The van der Waals surface area contributed by atoms with Crippen LogP contribution in [0.4, 0.5) is 10.1 Å². The Hall–Kier alpha value is -2.00. The minimum atomic E-state index is -3.60.